The first-order valence-corrected chi connectivity index (χ1v) is 7.26. The van der Waals surface area contributed by atoms with E-state index in [-0.39, 0.29) is 17.5 Å². The van der Waals surface area contributed by atoms with Gasteiger partial charge in [-0.25, -0.2) is 4.79 Å². The Balaban J connectivity index is 2.03. The maximum atomic E-state index is 12.4. The number of nitrogens with one attached hydrogen (secondary N) is 1. The highest BCUT2D eigenvalue weighted by atomic mass is 35.5. The molecular weight excluding hydrogens is 276 g/mol. The molecule has 110 valence electrons. The first kappa shape index (κ1) is 15.0. The third-order valence-corrected chi connectivity index (χ3v) is 3.96. The van der Waals surface area contributed by atoms with Gasteiger partial charge in [-0.05, 0) is 36.1 Å². The van der Waals surface area contributed by atoms with E-state index in [1.165, 1.54) is 0 Å². The van der Waals surface area contributed by atoms with Crippen LogP contribution < -0.4 is 10.1 Å². The molecule has 1 fully saturated rings. The number of hydrogen-bond donors (Lipinski definition) is 1. The van der Waals surface area contributed by atoms with Crippen LogP contribution in [0.15, 0.2) is 24.3 Å². The van der Waals surface area contributed by atoms with Gasteiger partial charge in [0.15, 0.2) is 0 Å². The number of ether oxygens (including phenoxy) is 1. The van der Waals surface area contributed by atoms with Gasteiger partial charge in [0.2, 0.25) is 0 Å². The fourth-order valence-corrected chi connectivity index (χ4v) is 2.92. The zero-order chi connectivity index (χ0) is 14.8. The van der Waals surface area contributed by atoms with Crippen molar-refractivity contribution in [2.24, 2.45) is 5.41 Å². The van der Waals surface area contributed by atoms with Crippen LogP contribution in [0.3, 0.4) is 0 Å². The molecule has 1 saturated heterocycles. The summed E-state index contributed by atoms with van der Waals surface area (Å²) in [5.41, 5.74) is 0.880. The number of carbonyl (C=O) groups is 1. The summed E-state index contributed by atoms with van der Waals surface area (Å²) in [6, 6.07) is 7.31. The van der Waals surface area contributed by atoms with Crippen LogP contribution in [-0.2, 0) is 0 Å². The van der Waals surface area contributed by atoms with Gasteiger partial charge in [-0.2, -0.15) is 0 Å². The molecule has 5 heteroatoms. The SMILES string of the molecule is COc1ccc(NC(=O)N2CC(C)(C)CC2CCl)cc1. The third-order valence-electron chi connectivity index (χ3n) is 3.61. The van der Waals surface area contributed by atoms with Crippen LogP contribution in [0.2, 0.25) is 0 Å². The van der Waals surface area contributed by atoms with E-state index in [0.717, 1.165) is 24.4 Å². The zero-order valence-corrected chi connectivity index (χ0v) is 12.9. The van der Waals surface area contributed by atoms with Gasteiger partial charge in [-0.1, -0.05) is 13.8 Å². The van der Waals surface area contributed by atoms with Crippen molar-refractivity contribution in [1.29, 1.82) is 0 Å². The minimum atomic E-state index is -0.0913. The van der Waals surface area contributed by atoms with Crippen molar-refractivity contribution < 1.29 is 9.53 Å². The molecule has 4 nitrogen and oxygen atoms in total. The van der Waals surface area contributed by atoms with Crippen LogP contribution in [0.4, 0.5) is 10.5 Å². The Kier molecular flexibility index (Phi) is 4.43. The maximum Gasteiger partial charge on any atom is 0.322 e. The number of halogens is 1. The number of alkyl halides is 1. The van der Waals surface area contributed by atoms with E-state index in [1.807, 2.05) is 29.2 Å². The second-order valence-electron chi connectivity index (χ2n) is 5.96. The fraction of sp³-hybridized carbons (Fsp3) is 0.533. The molecule has 0 aromatic heterocycles. The first-order valence-electron chi connectivity index (χ1n) is 6.73. The molecule has 1 aromatic carbocycles. The number of urea groups is 1. The van der Waals surface area contributed by atoms with Gasteiger partial charge in [0, 0.05) is 24.2 Å². The highest BCUT2D eigenvalue weighted by molar-refractivity contribution is 6.18. The van der Waals surface area contributed by atoms with Gasteiger partial charge in [0.25, 0.3) is 0 Å². The quantitative estimate of drug-likeness (QED) is 0.867. The smallest absolute Gasteiger partial charge is 0.322 e. The van der Waals surface area contributed by atoms with Crippen LogP contribution >= 0.6 is 11.6 Å². The third kappa shape index (κ3) is 3.37. The van der Waals surface area contributed by atoms with Crippen LogP contribution in [0, 0.1) is 5.41 Å². The van der Waals surface area contributed by atoms with Crippen LogP contribution in [0.5, 0.6) is 5.75 Å². The lowest BCUT2D eigenvalue weighted by molar-refractivity contribution is 0.207. The molecule has 1 unspecified atom stereocenters. The topological polar surface area (TPSA) is 41.6 Å². The fourth-order valence-electron chi connectivity index (χ4n) is 2.65. The van der Waals surface area contributed by atoms with Gasteiger partial charge in [0.05, 0.1) is 7.11 Å². The first-order chi connectivity index (χ1) is 9.45. The molecule has 0 radical (unpaired) electrons. The van der Waals surface area contributed by atoms with Crippen molar-refractivity contribution in [2.75, 3.05) is 24.9 Å². The number of amides is 2. The predicted octanol–water partition coefficient (Wildman–Crippen LogP) is 3.57. The molecule has 1 aliphatic heterocycles. The van der Waals surface area contributed by atoms with E-state index in [9.17, 15) is 4.79 Å². The monoisotopic (exact) mass is 296 g/mol. The summed E-state index contributed by atoms with van der Waals surface area (Å²) < 4.78 is 5.10. The van der Waals surface area contributed by atoms with Crippen molar-refractivity contribution in [2.45, 2.75) is 26.3 Å². The molecule has 20 heavy (non-hydrogen) atoms. The molecule has 1 atom stereocenters. The number of benzene rings is 1. The molecule has 0 spiro atoms. The minimum Gasteiger partial charge on any atom is -0.497 e. The second kappa shape index (κ2) is 5.92. The minimum absolute atomic E-state index is 0.0913. The number of methoxy groups -OCH3 is 1. The lowest BCUT2D eigenvalue weighted by Crippen LogP contribution is -2.40. The van der Waals surface area contributed by atoms with E-state index in [0.29, 0.717) is 5.88 Å². The predicted molar refractivity (Wildman–Crippen MR) is 81.6 cm³/mol. The van der Waals surface area contributed by atoms with Crippen LogP contribution in [0.1, 0.15) is 20.3 Å². The highest BCUT2D eigenvalue weighted by Gasteiger charge is 2.39. The lowest BCUT2D eigenvalue weighted by atomic mass is 9.91. The summed E-state index contributed by atoms with van der Waals surface area (Å²) in [5.74, 6) is 1.24. The Morgan fingerprint density at radius 3 is 2.65 bits per heavy atom. The Hall–Kier alpha value is -1.42. The molecule has 1 N–H and O–H groups in total. The summed E-state index contributed by atoms with van der Waals surface area (Å²) in [5, 5.41) is 2.91. The van der Waals surface area contributed by atoms with Crippen molar-refractivity contribution in [3.05, 3.63) is 24.3 Å². The molecule has 1 aromatic rings. The number of anilines is 1. The van der Waals surface area contributed by atoms with Crippen molar-refractivity contribution in [1.82, 2.24) is 4.90 Å². The standard InChI is InChI=1S/C15H21ClN2O2/c1-15(2)8-12(9-16)18(10-15)14(19)17-11-4-6-13(20-3)7-5-11/h4-7,12H,8-10H2,1-3H3,(H,17,19). The maximum absolute atomic E-state index is 12.4. The average molecular weight is 297 g/mol. The molecule has 0 aliphatic carbocycles. The lowest BCUT2D eigenvalue weighted by Gasteiger charge is -2.23. The van der Waals surface area contributed by atoms with E-state index in [2.05, 4.69) is 19.2 Å². The Morgan fingerprint density at radius 1 is 1.45 bits per heavy atom. The Bertz CT molecular complexity index is 473. The molecule has 2 rings (SSSR count). The Labute approximate surface area is 125 Å². The van der Waals surface area contributed by atoms with Crippen LogP contribution in [0.25, 0.3) is 0 Å². The average Bonchev–Trinajstić information content (AvgIpc) is 2.75. The van der Waals surface area contributed by atoms with E-state index in [4.69, 9.17) is 16.3 Å². The summed E-state index contributed by atoms with van der Waals surface area (Å²) in [4.78, 5) is 14.2. The van der Waals surface area contributed by atoms with Gasteiger partial charge in [-0.3, -0.25) is 0 Å². The number of likely N-dealkylation sites (tertiary alicyclic amines) is 1. The molecule has 1 aliphatic rings. The summed E-state index contributed by atoms with van der Waals surface area (Å²) in [6.45, 7) is 5.05. The molecule has 0 saturated carbocycles. The number of hydrogen-bond acceptors (Lipinski definition) is 2. The number of carbonyl (C=O) groups excluding carboxylic acids is 1. The largest absolute Gasteiger partial charge is 0.497 e. The van der Waals surface area contributed by atoms with E-state index in [1.54, 1.807) is 7.11 Å². The van der Waals surface area contributed by atoms with Crippen molar-refractivity contribution in [3.63, 3.8) is 0 Å². The van der Waals surface area contributed by atoms with E-state index < -0.39 is 0 Å². The van der Waals surface area contributed by atoms with Gasteiger partial charge >= 0.3 is 6.03 Å². The van der Waals surface area contributed by atoms with Crippen molar-refractivity contribution >= 4 is 23.3 Å². The van der Waals surface area contributed by atoms with Crippen LogP contribution in [-0.4, -0.2) is 36.5 Å². The van der Waals surface area contributed by atoms with Gasteiger partial charge < -0.3 is 15.0 Å². The molecule has 1 heterocycles. The summed E-state index contributed by atoms with van der Waals surface area (Å²) in [7, 11) is 1.62. The molecule has 2 amide bonds. The highest BCUT2D eigenvalue weighted by Crippen LogP contribution is 2.34. The number of nitrogens with zero attached hydrogens (tertiary/aromatic N) is 1. The summed E-state index contributed by atoms with van der Waals surface area (Å²) in [6.07, 6.45) is 0.937. The second-order valence-corrected chi connectivity index (χ2v) is 6.27. The van der Waals surface area contributed by atoms with Gasteiger partial charge in [0.1, 0.15) is 5.75 Å². The van der Waals surface area contributed by atoms with Gasteiger partial charge in [-0.15, -0.1) is 11.6 Å². The summed E-state index contributed by atoms with van der Waals surface area (Å²) >= 11 is 5.98. The normalized spacial score (nSPS) is 20.8. The number of rotatable bonds is 3. The zero-order valence-electron chi connectivity index (χ0n) is 12.1. The Morgan fingerprint density at radius 2 is 2.10 bits per heavy atom. The molecule has 0 bridgehead atoms. The van der Waals surface area contributed by atoms with Crippen molar-refractivity contribution in [3.8, 4) is 5.75 Å². The van der Waals surface area contributed by atoms with E-state index >= 15 is 0 Å². The molecular formula is C15H21ClN2O2.